The van der Waals surface area contributed by atoms with Crippen molar-refractivity contribution in [1.29, 1.82) is 0 Å². The molecule has 0 aliphatic rings. The number of aryl methyl sites for hydroxylation is 3. The van der Waals surface area contributed by atoms with Gasteiger partial charge in [-0.15, -0.1) is 11.3 Å². The third-order valence-electron chi connectivity index (χ3n) is 4.72. The van der Waals surface area contributed by atoms with Crippen LogP contribution in [0.15, 0.2) is 63.0 Å². The molecule has 160 valence electrons. The molecule has 0 spiro atoms. The Balaban J connectivity index is 1.99. The lowest BCUT2D eigenvalue weighted by Gasteiger charge is -2.19. The summed E-state index contributed by atoms with van der Waals surface area (Å²) in [6, 6.07) is 11.7. The molecular formula is C21H22FNO4S3. The normalized spacial score (nSPS) is 13.3. The monoisotopic (exact) mass is 467 g/mol. The molecule has 3 rings (SSSR count). The highest BCUT2D eigenvalue weighted by atomic mass is 32.2. The second-order valence-corrected chi connectivity index (χ2v) is 12.1. The van der Waals surface area contributed by atoms with E-state index in [0.717, 1.165) is 29.0 Å². The molecule has 3 aromatic rings. The summed E-state index contributed by atoms with van der Waals surface area (Å²) in [5.74, 6) is -0.502. The summed E-state index contributed by atoms with van der Waals surface area (Å²) in [6.45, 7) is 4.91. The van der Waals surface area contributed by atoms with Crippen LogP contribution in [0.1, 0.15) is 27.5 Å². The molecule has 5 nitrogen and oxygen atoms in total. The van der Waals surface area contributed by atoms with E-state index in [9.17, 15) is 21.2 Å². The zero-order valence-electron chi connectivity index (χ0n) is 16.7. The molecule has 1 unspecified atom stereocenters. The van der Waals surface area contributed by atoms with Crippen molar-refractivity contribution in [2.24, 2.45) is 0 Å². The minimum atomic E-state index is -3.96. The number of sulfonamides is 1. The minimum Gasteiger partial charge on any atom is -0.222 e. The summed E-state index contributed by atoms with van der Waals surface area (Å²) in [5.41, 5.74) is 2.41. The largest absolute Gasteiger partial charge is 0.241 e. The quantitative estimate of drug-likeness (QED) is 0.562. The molecule has 0 amide bonds. The van der Waals surface area contributed by atoms with Gasteiger partial charge >= 0.3 is 0 Å². The molecule has 0 bridgehead atoms. The van der Waals surface area contributed by atoms with Crippen molar-refractivity contribution in [3.63, 3.8) is 0 Å². The van der Waals surface area contributed by atoms with Crippen LogP contribution in [-0.2, 0) is 19.9 Å². The van der Waals surface area contributed by atoms with Gasteiger partial charge in [0.25, 0.3) is 0 Å². The van der Waals surface area contributed by atoms with E-state index in [1.807, 2.05) is 6.92 Å². The first-order chi connectivity index (χ1) is 14.0. The van der Waals surface area contributed by atoms with Crippen LogP contribution in [0.5, 0.6) is 0 Å². The van der Waals surface area contributed by atoms with Crippen molar-refractivity contribution < 1.29 is 21.2 Å². The van der Waals surface area contributed by atoms with E-state index in [4.69, 9.17) is 0 Å². The van der Waals surface area contributed by atoms with E-state index in [-0.39, 0.29) is 15.6 Å². The number of thiophene rings is 1. The van der Waals surface area contributed by atoms with Crippen molar-refractivity contribution in [3.8, 4) is 0 Å². The van der Waals surface area contributed by atoms with Crippen LogP contribution in [0.3, 0.4) is 0 Å². The minimum absolute atomic E-state index is 0.124. The second-order valence-electron chi connectivity index (χ2n) is 7.10. The maximum absolute atomic E-state index is 13.4. The average Bonchev–Trinajstić information content (AvgIpc) is 3.17. The first kappa shape index (κ1) is 22.6. The van der Waals surface area contributed by atoms with Crippen molar-refractivity contribution in [2.75, 3.05) is 6.54 Å². The Labute approximate surface area is 180 Å². The predicted molar refractivity (Wildman–Crippen MR) is 116 cm³/mol. The summed E-state index contributed by atoms with van der Waals surface area (Å²) in [7, 11) is -7.85. The molecule has 1 N–H and O–H groups in total. The zero-order valence-corrected chi connectivity index (χ0v) is 19.2. The molecule has 0 fully saturated rings. The SMILES string of the molecule is Cc1cc(C)c(S(=O)(=O)NCC(c2ccc(F)cc2)S(=O)(=O)c2cccs2)c(C)c1. The fraction of sp³-hybridized carbons (Fsp3) is 0.238. The van der Waals surface area contributed by atoms with Crippen LogP contribution in [0, 0.1) is 26.6 Å². The third kappa shape index (κ3) is 4.64. The zero-order chi connectivity index (χ0) is 22.1. The van der Waals surface area contributed by atoms with Gasteiger partial charge in [-0.25, -0.2) is 25.9 Å². The van der Waals surface area contributed by atoms with Crippen LogP contribution < -0.4 is 4.72 Å². The van der Waals surface area contributed by atoms with Gasteiger partial charge in [-0.3, -0.25) is 0 Å². The fourth-order valence-corrected chi connectivity index (χ4v) is 7.97. The standard InChI is InChI=1S/C21H22FNO4S3/c1-14-11-15(2)21(16(3)12-14)30(26,27)23-13-19(17-6-8-18(22)9-7-17)29(24,25)20-5-4-10-28-20/h4-12,19,23H,13H2,1-3H3. The topological polar surface area (TPSA) is 80.3 Å². The lowest BCUT2D eigenvalue weighted by atomic mass is 10.1. The maximum Gasteiger partial charge on any atom is 0.241 e. The fourth-order valence-electron chi connectivity index (χ4n) is 3.50. The van der Waals surface area contributed by atoms with E-state index >= 15 is 0 Å². The Bertz CT molecular complexity index is 1230. The number of sulfone groups is 1. The summed E-state index contributed by atoms with van der Waals surface area (Å²) < 4.78 is 68.4. The smallest absolute Gasteiger partial charge is 0.222 e. The highest BCUT2D eigenvalue weighted by molar-refractivity contribution is 7.93. The summed E-state index contributed by atoms with van der Waals surface area (Å²) >= 11 is 1.05. The molecule has 0 aliphatic carbocycles. The highest BCUT2D eigenvalue weighted by Crippen LogP contribution is 2.32. The Morgan fingerprint density at radius 3 is 2.10 bits per heavy atom. The van der Waals surface area contributed by atoms with Gasteiger partial charge in [-0.1, -0.05) is 35.9 Å². The first-order valence-corrected chi connectivity index (χ1v) is 13.0. The predicted octanol–water partition coefficient (Wildman–Crippen LogP) is 4.31. The molecule has 1 heterocycles. The molecule has 1 atom stereocenters. The maximum atomic E-state index is 13.4. The van der Waals surface area contributed by atoms with Crippen LogP contribution in [0.2, 0.25) is 0 Å². The van der Waals surface area contributed by atoms with Crippen molar-refractivity contribution in [1.82, 2.24) is 4.72 Å². The first-order valence-electron chi connectivity index (χ1n) is 9.13. The molecule has 2 aromatic carbocycles. The number of halogens is 1. The molecule has 0 aliphatic heterocycles. The Kier molecular flexibility index (Phi) is 6.47. The number of hydrogen-bond donors (Lipinski definition) is 1. The van der Waals surface area contributed by atoms with Crippen LogP contribution in [0.4, 0.5) is 4.39 Å². The van der Waals surface area contributed by atoms with Gasteiger partial charge in [0.15, 0.2) is 9.84 Å². The third-order valence-corrected chi connectivity index (χ3v) is 9.98. The molecule has 9 heteroatoms. The lowest BCUT2D eigenvalue weighted by molar-refractivity contribution is 0.568. The Morgan fingerprint density at radius 2 is 1.57 bits per heavy atom. The van der Waals surface area contributed by atoms with Gasteiger partial charge in [-0.05, 0) is 61.0 Å². The second kappa shape index (κ2) is 8.58. The number of rotatable bonds is 7. The Hall–Kier alpha value is -2.07. The number of hydrogen-bond acceptors (Lipinski definition) is 5. The van der Waals surface area contributed by atoms with Gasteiger partial charge in [0.2, 0.25) is 10.0 Å². The van der Waals surface area contributed by atoms with Gasteiger partial charge < -0.3 is 0 Å². The molecule has 1 aromatic heterocycles. The van der Waals surface area contributed by atoms with Crippen molar-refractivity contribution in [2.45, 2.75) is 35.1 Å². The molecule has 0 saturated heterocycles. The van der Waals surface area contributed by atoms with E-state index in [1.54, 1.807) is 37.4 Å². The molecule has 30 heavy (non-hydrogen) atoms. The van der Waals surface area contributed by atoms with Gasteiger partial charge in [-0.2, -0.15) is 0 Å². The van der Waals surface area contributed by atoms with Crippen LogP contribution >= 0.6 is 11.3 Å². The van der Waals surface area contributed by atoms with E-state index in [2.05, 4.69) is 4.72 Å². The summed E-state index contributed by atoms with van der Waals surface area (Å²) in [5, 5.41) is 0.440. The van der Waals surface area contributed by atoms with E-state index in [1.165, 1.54) is 18.2 Å². The number of nitrogens with one attached hydrogen (secondary N) is 1. The molecular weight excluding hydrogens is 445 g/mol. The van der Waals surface area contributed by atoms with Gasteiger partial charge in [0, 0.05) is 6.54 Å². The summed E-state index contributed by atoms with van der Waals surface area (Å²) in [4.78, 5) is 0.138. The van der Waals surface area contributed by atoms with Gasteiger partial charge in [0.05, 0.1) is 4.90 Å². The molecule has 0 radical (unpaired) electrons. The Morgan fingerprint density at radius 1 is 0.967 bits per heavy atom. The lowest BCUT2D eigenvalue weighted by Crippen LogP contribution is -2.32. The highest BCUT2D eigenvalue weighted by Gasteiger charge is 2.32. The van der Waals surface area contributed by atoms with Crippen LogP contribution in [-0.4, -0.2) is 23.4 Å². The van der Waals surface area contributed by atoms with Crippen molar-refractivity contribution >= 4 is 31.2 Å². The van der Waals surface area contributed by atoms with E-state index < -0.39 is 30.9 Å². The summed E-state index contributed by atoms with van der Waals surface area (Å²) in [6.07, 6.45) is 0. The van der Waals surface area contributed by atoms with Gasteiger partial charge in [0.1, 0.15) is 15.3 Å². The van der Waals surface area contributed by atoms with Crippen molar-refractivity contribution in [3.05, 3.63) is 82.0 Å². The van der Waals surface area contributed by atoms with Crippen LogP contribution in [0.25, 0.3) is 0 Å². The van der Waals surface area contributed by atoms with E-state index in [0.29, 0.717) is 16.7 Å². The number of benzene rings is 2. The average molecular weight is 468 g/mol. The molecule has 0 saturated carbocycles.